The van der Waals surface area contributed by atoms with Crippen LogP contribution in [0.5, 0.6) is 0 Å². The van der Waals surface area contributed by atoms with Crippen molar-refractivity contribution in [3.8, 4) is 0 Å². The molecule has 0 saturated carbocycles. The van der Waals surface area contributed by atoms with E-state index < -0.39 is 0 Å². The monoisotopic (exact) mass is 226 g/mol. The first-order valence-corrected chi connectivity index (χ1v) is 5.56. The molecule has 0 spiro atoms. The number of aliphatic hydroxyl groups excluding tert-OH is 1. The number of carbonyl (C=O) groups is 1. The fraction of sp³-hybridized carbons (Fsp3) is 0.636. The number of nitrogens with zero attached hydrogens (tertiary/aromatic N) is 1. The van der Waals surface area contributed by atoms with Crippen molar-refractivity contribution in [3.63, 3.8) is 0 Å². The fourth-order valence-corrected chi connectivity index (χ4v) is 1.36. The summed E-state index contributed by atoms with van der Waals surface area (Å²) in [6.45, 7) is 2.62. The van der Waals surface area contributed by atoms with Gasteiger partial charge in [0.1, 0.15) is 5.76 Å². The summed E-state index contributed by atoms with van der Waals surface area (Å²) in [6, 6.07) is 1.61. The van der Waals surface area contributed by atoms with Crippen LogP contribution >= 0.6 is 0 Å². The Balaban J connectivity index is 2.11. The Morgan fingerprint density at radius 2 is 2.19 bits per heavy atom. The Labute approximate surface area is 94.8 Å². The lowest BCUT2D eigenvalue weighted by atomic mass is 10.2. The van der Waals surface area contributed by atoms with Crippen molar-refractivity contribution >= 4 is 5.91 Å². The molecular formula is C11H18N2O3. The molecular weight excluding hydrogens is 208 g/mol. The normalized spacial score (nSPS) is 10.4. The summed E-state index contributed by atoms with van der Waals surface area (Å²) in [6.07, 6.45) is 3.76. The number of aryl methyl sites for hydroxylation is 1. The van der Waals surface area contributed by atoms with Gasteiger partial charge in [0.2, 0.25) is 0 Å². The van der Waals surface area contributed by atoms with Crippen LogP contribution in [-0.2, 0) is 0 Å². The molecule has 1 aromatic heterocycles. The van der Waals surface area contributed by atoms with E-state index in [1.807, 2.05) is 0 Å². The van der Waals surface area contributed by atoms with E-state index in [0.29, 0.717) is 18.0 Å². The minimum atomic E-state index is -0.195. The molecule has 0 aliphatic carbocycles. The van der Waals surface area contributed by atoms with Crippen LogP contribution in [0.3, 0.4) is 0 Å². The third-order valence-corrected chi connectivity index (χ3v) is 2.23. The van der Waals surface area contributed by atoms with Crippen molar-refractivity contribution in [2.45, 2.75) is 32.6 Å². The Morgan fingerprint density at radius 3 is 2.81 bits per heavy atom. The predicted octanol–water partition coefficient (Wildman–Crippen LogP) is 1.27. The molecule has 0 aromatic carbocycles. The van der Waals surface area contributed by atoms with E-state index >= 15 is 0 Å². The molecule has 0 atom stereocenters. The second kappa shape index (κ2) is 7.00. The number of amides is 1. The van der Waals surface area contributed by atoms with E-state index in [9.17, 15) is 4.79 Å². The van der Waals surface area contributed by atoms with E-state index in [2.05, 4.69) is 10.5 Å². The quantitative estimate of drug-likeness (QED) is 0.686. The van der Waals surface area contributed by atoms with Gasteiger partial charge in [-0.3, -0.25) is 4.79 Å². The lowest BCUT2D eigenvalue weighted by molar-refractivity contribution is 0.0943. The van der Waals surface area contributed by atoms with Crippen LogP contribution in [0.2, 0.25) is 0 Å². The topological polar surface area (TPSA) is 75.4 Å². The number of unbranched alkanes of at least 4 members (excludes halogenated alkanes) is 3. The first-order valence-electron chi connectivity index (χ1n) is 5.56. The first-order chi connectivity index (χ1) is 7.74. The molecule has 1 aromatic rings. The van der Waals surface area contributed by atoms with Crippen molar-refractivity contribution in [1.29, 1.82) is 0 Å². The van der Waals surface area contributed by atoms with Gasteiger partial charge in [0.15, 0.2) is 5.69 Å². The Morgan fingerprint density at radius 1 is 1.44 bits per heavy atom. The molecule has 0 radical (unpaired) electrons. The third kappa shape index (κ3) is 4.44. The summed E-state index contributed by atoms with van der Waals surface area (Å²) in [5.41, 5.74) is 0.327. The van der Waals surface area contributed by atoms with Crippen LogP contribution in [0.25, 0.3) is 0 Å². The molecule has 0 aliphatic rings. The summed E-state index contributed by atoms with van der Waals surface area (Å²) < 4.78 is 4.81. The van der Waals surface area contributed by atoms with Gasteiger partial charge in [-0.1, -0.05) is 18.0 Å². The van der Waals surface area contributed by atoms with Gasteiger partial charge in [0.05, 0.1) is 0 Å². The number of nitrogens with one attached hydrogen (secondary N) is 1. The van der Waals surface area contributed by atoms with E-state index in [0.717, 1.165) is 25.7 Å². The molecule has 90 valence electrons. The SMILES string of the molecule is Cc1cc(C(=O)NCCCCCCO)no1. The van der Waals surface area contributed by atoms with Crippen LogP contribution in [-0.4, -0.2) is 29.3 Å². The van der Waals surface area contributed by atoms with Crippen molar-refractivity contribution in [2.24, 2.45) is 0 Å². The molecule has 5 heteroatoms. The molecule has 0 fully saturated rings. The number of aliphatic hydroxyl groups is 1. The number of rotatable bonds is 7. The summed E-state index contributed by atoms with van der Waals surface area (Å²) in [5.74, 6) is 0.437. The minimum absolute atomic E-state index is 0.195. The van der Waals surface area contributed by atoms with Crippen LogP contribution < -0.4 is 5.32 Å². The van der Waals surface area contributed by atoms with Crippen LogP contribution in [0.1, 0.15) is 41.9 Å². The Kier molecular flexibility index (Phi) is 5.56. The molecule has 0 aliphatic heterocycles. The average molecular weight is 226 g/mol. The van der Waals surface area contributed by atoms with E-state index in [4.69, 9.17) is 9.63 Å². The van der Waals surface area contributed by atoms with Crippen molar-refractivity contribution in [3.05, 3.63) is 17.5 Å². The van der Waals surface area contributed by atoms with Gasteiger partial charge in [0.25, 0.3) is 5.91 Å². The highest BCUT2D eigenvalue weighted by Gasteiger charge is 2.09. The second-order valence-corrected chi connectivity index (χ2v) is 3.72. The van der Waals surface area contributed by atoms with Gasteiger partial charge in [-0.15, -0.1) is 0 Å². The largest absolute Gasteiger partial charge is 0.396 e. The molecule has 0 bridgehead atoms. The first kappa shape index (κ1) is 12.7. The second-order valence-electron chi connectivity index (χ2n) is 3.72. The van der Waals surface area contributed by atoms with Crippen LogP contribution in [0.15, 0.2) is 10.6 Å². The Bertz CT molecular complexity index is 323. The van der Waals surface area contributed by atoms with E-state index in [1.54, 1.807) is 13.0 Å². The fourth-order valence-electron chi connectivity index (χ4n) is 1.36. The number of aromatic nitrogens is 1. The number of hydrogen-bond acceptors (Lipinski definition) is 4. The van der Waals surface area contributed by atoms with Crippen molar-refractivity contribution < 1.29 is 14.4 Å². The van der Waals surface area contributed by atoms with Gasteiger partial charge >= 0.3 is 0 Å². The maximum Gasteiger partial charge on any atom is 0.273 e. The summed E-state index contributed by atoms with van der Waals surface area (Å²) >= 11 is 0. The zero-order chi connectivity index (χ0) is 11.8. The predicted molar refractivity (Wildman–Crippen MR) is 59.1 cm³/mol. The minimum Gasteiger partial charge on any atom is -0.396 e. The molecule has 0 saturated heterocycles. The summed E-state index contributed by atoms with van der Waals surface area (Å²) in [5, 5.41) is 15.0. The molecule has 1 rings (SSSR count). The third-order valence-electron chi connectivity index (χ3n) is 2.23. The van der Waals surface area contributed by atoms with Gasteiger partial charge in [-0.2, -0.15) is 0 Å². The number of carbonyl (C=O) groups excluding carboxylic acids is 1. The average Bonchev–Trinajstić information content (AvgIpc) is 2.70. The lowest BCUT2D eigenvalue weighted by Crippen LogP contribution is -2.24. The van der Waals surface area contributed by atoms with Gasteiger partial charge in [-0.05, 0) is 19.8 Å². The van der Waals surface area contributed by atoms with E-state index in [-0.39, 0.29) is 12.5 Å². The summed E-state index contributed by atoms with van der Waals surface area (Å²) in [4.78, 5) is 11.5. The molecule has 1 amide bonds. The van der Waals surface area contributed by atoms with Crippen LogP contribution in [0, 0.1) is 6.92 Å². The van der Waals surface area contributed by atoms with Crippen LogP contribution in [0.4, 0.5) is 0 Å². The Hall–Kier alpha value is -1.36. The summed E-state index contributed by atoms with van der Waals surface area (Å²) in [7, 11) is 0. The smallest absolute Gasteiger partial charge is 0.273 e. The van der Waals surface area contributed by atoms with Gasteiger partial charge in [0, 0.05) is 19.2 Å². The van der Waals surface area contributed by atoms with Gasteiger partial charge < -0.3 is 14.9 Å². The van der Waals surface area contributed by atoms with Gasteiger partial charge in [-0.25, -0.2) is 0 Å². The zero-order valence-corrected chi connectivity index (χ0v) is 9.53. The highest BCUT2D eigenvalue weighted by Crippen LogP contribution is 2.02. The maximum absolute atomic E-state index is 11.5. The number of hydrogen-bond donors (Lipinski definition) is 2. The molecule has 0 unspecified atom stereocenters. The highest BCUT2D eigenvalue weighted by molar-refractivity contribution is 5.92. The van der Waals surface area contributed by atoms with Crippen molar-refractivity contribution in [2.75, 3.05) is 13.2 Å². The molecule has 1 heterocycles. The molecule has 16 heavy (non-hydrogen) atoms. The molecule has 5 nitrogen and oxygen atoms in total. The maximum atomic E-state index is 11.5. The van der Waals surface area contributed by atoms with Crippen molar-refractivity contribution in [1.82, 2.24) is 10.5 Å². The standard InChI is InChI=1S/C11H18N2O3/c1-9-8-10(13-16-9)11(15)12-6-4-2-3-5-7-14/h8,14H,2-7H2,1H3,(H,12,15). The lowest BCUT2D eigenvalue weighted by Gasteiger charge is -2.02. The highest BCUT2D eigenvalue weighted by atomic mass is 16.5. The van der Waals surface area contributed by atoms with E-state index in [1.165, 1.54) is 0 Å². The molecule has 2 N–H and O–H groups in total. The zero-order valence-electron chi connectivity index (χ0n) is 9.53.